The Labute approximate surface area is 156 Å². The van der Waals surface area contributed by atoms with Gasteiger partial charge in [0.25, 0.3) is 5.56 Å². The van der Waals surface area contributed by atoms with E-state index in [0.717, 1.165) is 6.42 Å². The van der Waals surface area contributed by atoms with E-state index in [1.165, 1.54) is 22.7 Å². The number of nitrogens with two attached hydrogens (primary N) is 1. The van der Waals surface area contributed by atoms with Crippen molar-refractivity contribution in [2.75, 3.05) is 17.2 Å². The largest absolute Gasteiger partial charge is 0.370 e. The van der Waals surface area contributed by atoms with Gasteiger partial charge < -0.3 is 15.6 Å². The lowest BCUT2D eigenvalue weighted by molar-refractivity contribution is -0.118. The van der Waals surface area contributed by atoms with E-state index >= 15 is 0 Å². The van der Waals surface area contributed by atoms with Gasteiger partial charge in [0.2, 0.25) is 11.8 Å². The van der Waals surface area contributed by atoms with E-state index in [1.54, 1.807) is 12.1 Å². The molecule has 138 valence electrons. The number of anilines is 1. The van der Waals surface area contributed by atoms with Gasteiger partial charge >= 0.3 is 0 Å². The molecule has 0 spiro atoms. The van der Waals surface area contributed by atoms with Crippen molar-refractivity contribution >= 4 is 29.3 Å². The van der Waals surface area contributed by atoms with Crippen LogP contribution in [0.5, 0.6) is 0 Å². The first kappa shape index (κ1) is 19.7. The maximum Gasteiger partial charge on any atom is 0.251 e. The highest BCUT2D eigenvalue weighted by Gasteiger charge is 2.17. The zero-order valence-electron chi connectivity index (χ0n) is 14.6. The fourth-order valence-electron chi connectivity index (χ4n) is 2.37. The Morgan fingerprint density at radius 2 is 2.00 bits per heavy atom. The van der Waals surface area contributed by atoms with Gasteiger partial charge in [-0.1, -0.05) is 43.3 Å². The Morgan fingerprint density at radius 3 is 2.65 bits per heavy atom. The topological polar surface area (TPSA) is 109 Å². The maximum absolute atomic E-state index is 12.7. The summed E-state index contributed by atoms with van der Waals surface area (Å²) in [5.74, 6) is -0.567. The van der Waals surface area contributed by atoms with Crippen LogP contribution in [0.3, 0.4) is 0 Å². The Balaban J connectivity index is 2.09. The fourth-order valence-corrected chi connectivity index (χ4v) is 3.14. The summed E-state index contributed by atoms with van der Waals surface area (Å²) in [6.07, 6.45) is 1.67. The van der Waals surface area contributed by atoms with Crippen LogP contribution in [0.15, 0.2) is 46.3 Å². The minimum Gasteiger partial charge on any atom is -0.370 e. The predicted octanol–water partition coefficient (Wildman–Crippen LogP) is 1.72. The maximum atomic E-state index is 12.7. The number of amides is 2. The van der Waals surface area contributed by atoms with Crippen LogP contribution in [0, 0.1) is 0 Å². The third-order valence-electron chi connectivity index (χ3n) is 3.56. The van der Waals surface area contributed by atoms with Crippen molar-refractivity contribution in [3.05, 3.63) is 52.4 Å². The van der Waals surface area contributed by atoms with E-state index in [4.69, 9.17) is 5.73 Å². The summed E-state index contributed by atoms with van der Waals surface area (Å²) in [5.41, 5.74) is 6.39. The number of hydrogen-bond donors (Lipinski definition) is 2. The molecule has 0 saturated heterocycles. The SMILES string of the molecule is CCCc1cc(=O)[nH]c(SCC(=O)N(CCC(N)=O)c2ccccc2)n1. The van der Waals surface area contributed by atoms with Crippen LogP contribution in [0.4, 0.5) is 5.69 Å². The number of carbonyl (C=O) groups excluding carboxylic acids is 2. The van der Waals surface area contributed by atoms with Gasteiger partial charge in [-0.3, -0.25) is 14.4 Å². The van der Waals surface area contributed by atoms with E-state index < -0.39 is 5.91 Å². The van der Waals surface area contributed by atoms with E-state index in [9.17, 15) is 14.4 Å². The Morgan fingerprint density at radius 1 is 1.27 bits per heavy atom. The zero-order chi connectivity index (χ0) is 18.9. The number of rotatable bonds is 9. The summed E-state index contributed by atoms with van der Waals surface area (Å²) in [5, 5.41) is 0.414. The van der Waals surface area contributed by atoms with E-state index in [0.29, 0.717) is 23.0 Å². The molecular weight excluding hydrogens is 352 g/mol. The highest BCUT2D eigenvalue weighted by Crippen LogP contribution is 2.18. The van der Waals surface area contributed by atoms with Crippen LogP contribution in [0.2, 0.25) is 0 Å². The number of aryl methyl sites for hydroxylation is 1. The summed E-state index contributed by atoms with van der Waals surface area (Å²) >= 11 is 1.17. The van der Waals surface area contributed by atoms with Crippen LogP contribution in [-0.2, 0) is 16.0 Å². The minimum atomic E-state index is -0.468. The summed E-state index contributed by atoms with van der Waals surface area (Å²) in [6, 6.07) is 10.6. The predicted molar refractivity (Wildman–Crippen MR) is 102 cm³/mol. The van der Waals surface area contributed by atoms with Crippen LogP contribution in [0.25, 0.3) is 0 Å². The number of hydrogen-bond acceptors (Lipinski definition) is 5. The number of H-pyrrole nitrogens is 1. The number of primary amides is 1. The second kappa shape index (κ2) is 9.76. The molecule has 8 heteroatoms. The summed E-state index contributed by atoms with van der Waals surface area (Å²) < 4.78 is 0. The molecule has 2 rings (SSSR count). The first-order valence-corrected chi connectivity index (χ1v) is 9.35. The molecule has 3 N–H and O–H groups in total. The molecule has 0 aliphatic rings. The molecule has 0 aliphatic carbocycles. The van der Waals surface area contributed by atoms with Crippen molar-refractivity contribution in [2.24, 2.45) is 5.73 Å². The molecule has 26 heavy (non-hydrogen) atoms. The van der Waals surface area contributed by atoms with Crippen molar-refractivity contribution in [3.63, 3.8) is 0 Å². The van der Waals surface area contributed by atoms with Crippen LogP contribution < -0.4 is 16.2 Å². The van der Waals surface area contributed by atoms with Gasteiger partial charge in [0.15, 0.2) is 5.16 Å². The van der Waals surface area contributed by atoms with Gasteiger partial charge in [0.1, 0.15) is 0 Å². The first-order chi connectivity index (χ1) is 12.5. The number of thioether (sulfide) groups is 1. The lowest BCUT2D eigenvalue weighted by atomic mass is 10.2. The Bertz CT molecular complexity index is 808. The molecule has 0 radical (unpaired) electrons. The first-order valence-electron chi connectivity index (χ1n) is 8.36. The number of nitrogens with zero attached hydrogens (tertiary/aromatic N) is 2. The second-order valence-corrected chi connectivity index (χ2v) is 6.64. The van der Waals surface area contributed by atoms with Crippen LogP contribution >= 0.6 is 11.8 Å². The third-order valence-corrected chi connectivity index (χ3v) is 4.42. The molecule has 0 bridgehead atoms. The molecular formula is C18H22N4O3S. The molecule has 2 aromatic rings. The Kier molecular flexibility index (Phi) is 7.40. The smallest absolute Gasteiger partial charge is 0.251 e. The number of nitrogens with one attached hydrogen (secondary N) is 1. The Hall–Kier alpha value is -2.61. The molecule has 1 aromatic heterocycles. The van der Waals surface area contributed by atoms with Gasteiger partial charge in [0.05, 0.1) is 5.75 Å². The van der Waals surface area contributed by atoms with Crippen molar-refractivity contribution in [1.82, 2.24) is 9.97 Å². The average molecular weight is 374 g/mol. The van der Waals surface area contributed by atoms with Gasteiger partial charge in [0, 0.05) is 30.4 Å². The highest BCUT2D eigenvalue weighted by atomic mass is 32.2. The molecule has 7 nitrogen and oxygen atoms in total. The van der Waals surface area contributed by atoms with Crippen LogP contribution in [0.1, 0.15) is 25.5 Å². The molecule has 0 unspecified atom stereocenters. The zero-order valence-corrected chi connectivity index (χ0v) is 15.4. The lowest BCUT2D eigenvalue weighted by Gasteiger charge is -2.22. The number of aromatic nitrogens is 2. The number of benzene rings is 1. The monoisotopic (exact) mass is 374 g/mol. The van der Waals surface area contributed by atoms with Crippen molar-refractivity contribution in [3.8, 4) is 0 Å². The molecule has 0 saturated carbocycles. The second-order valence-electron chi connectivity index (χ2n) is 5.68. The highest BCUT2D eigenvalue weighted by molar-refractivity contribution is 7.99. The van der Waals surface area contributed by atoms with Gasteiger partial charge in [-0.05, 0) is 18.6 Å². The van der Waals surface area contributed by atoms with Crippen molar-refractivity contribution in [2.45, 2.75) is 31.3 Å². The van der Waals surface area contributed by atoms with Gasteiger partial charge in [-0.2, -0.15) is 0 Å². The standard InChI is InChI=1S/C18H22N4O3S/c1-2-6-13-11-16(24)21-18(20-13)26-12-17(25)22(10-9-15(19)23)14-7-4-3-5-8-14/h3-5,7-8,11H,2,6,9-10,12H2,1H3,(H2,19,23)(H,20,21,24). The number of aromatic amines is 1. The fraction of sp³-hybridized carbons (Fsp3) is 0.333. The number of para-hydroxylation sites is 1. The quantitative estimate of drug-likeness (QED) is 0.513. The van der Waals surface area contributed by atoms with Crippen molar-refractivity contribution in [1.29, 1.82) is 0 Å². The van der Waals surface area contributed by atoms with E-state index in [2.05, 4.69) is 9.97 Å². The third kappa shape index (κ3) is 6.03. The normalized spacial score (nSPS) is 10.5. The van der Waals surface area contributed by atoms with E-state index in [1.807, 2.05) is 25.1 Å². The molecule has 1 aromatic carbocycles. The lowest BCUT2D eigenvalue weighted by Crippen LogP contribution is -2.35. The molecule has 0 fully saturated rings. The van der Waals surface area contributed by atoms with Gasteiger partial charge in [-0.25, -0.2) is 4.98 Å². The molecule has 0 aliphatic heterocycles. The molecule has 0 atom stereocenters. The van der Waals surface area contributed by atoms with Gasteiger partial charge in [-0.15, -0.1) is 0 Å². The summed E-state index contributed by atoms with van der Waals surface area (Å²) in [4.78, 5) is 44.0. The van der Waals surface area contributed by atoms with Crippen molar-refractivity contribution < 1.29 is 9.59 Å². The van der Waals surface area contributed by atoms with E-state index in [-0.39, 0.29) is 30.2 Å². The molecule has 1 heterocycles. The minimum absolute atomic E-state index is 0.0758. The summed E-state index contributed by atoms with van der Waals surface area (Å²) in [7, 11) is 0. The average Bonchev–Trinajstić information content (AvgIpc) is 2.60. The summed E-state index contributed by atoms with van der Waals surface area (Å²) in [6.45, 7) is 2.22. The van der Waals surface area contributed by atoms with Crippen LogP contribution in [-0.4, -0.2) is 34.1 Å². The molecule has 2 amide bonds. The number of carbonyl (C=O) groups is 2.